The Morgan fingerprint density at radius 1 is 1.27 bits per heavy atom. The molecule has 0 aromatic heterocycles. The molecule has 1 unspecified atom stereocenters. The topological polar surface area (TPSA) is 82.7 Å². The number of anilines is 2. The lowest BCUT2D eigenvalue weighted by atomic mass is 10.1. The first-order valence-corrected chi connectivity index (χ1v) is 9.03. The van der Waals surface area contributed by atoms with Crippen molar-refractivity contribution < 1.29 is 18.7 Å². The SMILES string of the molecule is O=C(CCN1CCOCC1)Nc1cc(NC(=O)C2CCNC2)ccc1F. The molecule has 2 aliphatic heterocycles. The van der Waals surface area contributed by atoms with Crippen molar-refractivity contribution in [3.8, 4) is 0 Å². The van der Waals surface area contributed by atoms with Gasteiger partial charge in [0.2, 0.25) is 11.8 Å². The van der Waals surface area contributed by atoms with Gasteiger partial charge in [-0.15, -0.1) is 0 Å². The van der Waals surface area contributed by atoms with Gasteiger partial charge in [-0.05, 0) is 31.2 Å². The summed E-state index contributed by atoms with van der Waals surface area (Å²) in [6.07, 6.45) is 1.07. The molecule has 7 nitrogen and oxygen atoms in total. The maximum Gasteiger partial charge on any atom is 0.228 e. The molecule has 142 valence electrons. The number of hydrogen-bond acceptors (Lipinski definition) is 5. The summed E-state index contributed by atoms with van der Waals surface area (Å²) in [5.41, 5.74) is 0.561. The third-order valence-electron chi connectivity index (χ3n) is 4.70. The van der Waals surface area contributed by atoms with Crippen LogP contribution in [0.25, 0.3) is 0 Å². The molecule has 1 atom stereocenters. The predicted octanol–water partition coefficient (Wildman–Crippen LogP) is 1.03. The van der Waals surface area contributed by atoms with Crippen molar-refractivity contribution in [2.75, 3.05) is 56.6 Å². The van der Waals surface area contributed by atoms with E-state index in [1.807, 2.05) is 0 Å². The summed E-state index contributed by atoms with van der Waals surface area (Å²) in [6.45, 7) is 5.05. The number of benzene rings is 1. The number of halogens is 1. The number of morpholine rings is 1. The molecule has 0 aliphatic carbocycles. The summed E-state index contributed by atoms with van der Waals surface area (Å²) < 4.78 is 19.3. The zero-order valence-electron chi connectivity index (χ0n) is 14.7. The van der Waals surface area contributed by atoms with Crippen LogP contribution in [-0.2, 0) is 14.3 Å². The first kappa shape index (κ1) is 18.8. The standard InChI is InChI=1S/C18H25FN4O3/c19-15-2-1-14(21-18(25)13-3-5-20-12-13)11-16(15)22-17(24)4-6-23-7-9-26-10-8-23/h1-2,11,13,20H,3-10,12H2,(H,21,25)(H,22,24). The molecule has 0 bridgehead atoms. The molecule has 2 heterocycles. The normalized spacial score (nSPS) is 20.7. The van der Waals surface area contributed by atoms with Gasteiger partial charge in [0.25, 0.3) is 0 Å². The van der Waals surface area contributed by atoms with Crippen molar-refractivity contribution in [2.24, 2.45) is 5.92 Å². The largest absolute Gasteiger partial charge is 0.379 e. The van der Waals surface area contributed by atoms with Gasteiger partial charge in [0.1, 0.15) is 5.82 Å². The number of hydrogen-bond donors (Lipinski definition) is 3. The lowest BCUT2D eigenvalue weighted by Gasteiger charge is -2.26. The highest BCUT2D eigenvalue weighted by atomic mass is 19.1. The van der Waals surface area contributed by atoms with Crippen LogP contribution in [0.2, 0.25) is 0 Å². The monoisotopic (exact) mass is 364 g/mol. The minimum absolute atomic E-state index is 0.0772. The molecule has 2 aliphatic rings. The molecule has 2 fully saturated rings. The van der Waals surface area contributed by atoms with E-state index in [2.05, 4.69) is 20.9 Å². The summed E-state index contributed by atoms with van der Waals surface area (Å²) in [5, 5.41) is 8.52. The van der Waals surface area contributed by atoms with E-state index in [9.17, 15) is 14.0 Å². The number of rotatable bonds is 6. The van der Waals surface area contributed by atoms with E-state index in [4.69, 9.17) is 4.74 Å². The van der Waals surface area contributed by atoms with E-state index in [0.717, 1.165) is 26.1 Å². The number of nitrogens with zero attached hydrogens (tertiary/aromatic N) is 1. The Morgan fingerprint density at radius 3 is 2.81 bits per heavy atom. The van der Waals surface area contributed by atoms with Crippen LogP contribution in [0.1, 0.15) is 12.8 Å². The van der Waals surface area contributed by atoms with Gasteiger partial charge in [0.05, 0.1) is 24.8 Å². The first-order chi connectivity index (χ1) is 12.6. The van der Waals surface area contributed by atoms with Crippen LogP contribution in [0.4, 0.5) is 15.8 Å². The van der Waals surface area contributed by atoms with Gasteiger partial charge < -0.3 is 20.7 Å². The highest BCUT2D eigenvalue weighted by Crippen LogP contribution is 2.21. The molecule has 3 rings (SSSR count). The average molecular weight is 364 g/mol. The third-order valence-corrected chi connectivity index (χ3v) is 4.70. The Kier molecular flexibility index (Phi) is 6.54. The fourth-order valence-electron chi connectivity index (χ4n) is 3.12. The van der Waals surface area contributed by atoms with Crippen LogP contribution in [0.15, 0.2) is 18.2 Å². The summed E-state index contributed by atoms with van der Waals surface area (Å²) in [4.78, 5) is 26.4. The number of nitrogens with one attached hydrogen (secondary N) is 3. The van der Waals surface area contributed by atoms with Crippen molar-refractivity contribution in [1.82, 2.24) is 10.2 Å². The minimum Gasteiger partial charge on any atom is -0.379 e. The van der Waals surface area contributed by atoms with Crippen LogP contribution in [0.5, 0.6) is 0 Å². The molecular weight excluding hydrogens is 339 g/mol. The third kappa shape index (κ3) is 5.23. The van der Waals surface area contributed by atoms with Crippen LogP contribution in [-0.4, -0.2) is 62.7 Å². The average Bonchev–Trinajstić information content (AvgIpc) is 3.18. The maximum absolute atomic E-state index is 14.0. The second kappa shape index (κ2) is 9.07. The fourth-order valence-corrected chi connectivity index (χ4v) is 3.12. The van der Waals surface area contributed by atoms with E-state index in [0.29, 0.717) is 32.0 Å². The Bertz CT molecular complexity index is 643. The van der Waals surface area contributed by atoms with Gasteiger partial charge in [0, 0.05) is 38.3 Å². The van der Waals surface area contributed by atoms with Gasteiger partial charge in [-0.3, -0.25) is 14.5 Å². The van der Waals surface area contributed by atoms with Gasteiger partial charge in [0.15, 0.2) is 0 Å². The zero-order chi connectivity index (χ0) is 18.4. The lowest BCUT2D eigenvalue weighted by molar-refractivity contribution is -0.119. The van der Waals surface area contributed by atoms with E-state index in [1.165, 1.54) is 18.2 Å². The Labute approximate surface area is 152 Å². The molecule has 2 saturated heterocycles. The molecular formula is C18H25FN4O3. The molecule has 0 spiro atoms. The van der Waals surface area contributed by atoms with Crippen molar-refractivity contribution in [2.45, 2.75) is 12.8 Å². The second-order valence-corrected chi connectivity index (χ2v) is 6.63. The second-order valence-electron chi connectivity index (χ2n) is 6.63. The summed E-state index contributed by atoms with van der Waals surface area (Å²) >= 11 is 0. The smallest absolute Gasteiger partial charge is 0.228 e. The number of carbonyl (C=O) groups is 2. The van der Waals surface area contributed by atoms with Crippen molar-refractivity contribution in [1.29, 1.82) is 0 Å². The van der Waals surface area contributed by atoms with E-state index < -0.39 is 5.82 Å². The molecule has 1 aromatic rings. The van der Waals surface area contributed by atoms with Gasteiger partial charge in [-0.1, -0.05) is 0 Å². The predicted molar refractivity (Wildman–Crippen MR) is 96.5 cm³/mol. The van der Waals surface area contributed by atoms with Gasteiger partial charge in [-0.25, -0.2) is 4.39 Å². The highest BCUT2D eigenvalue weighted by molar-refractivity contribution is 5.95. The van der Waals surface area contributed by atoms with E-state index >= 15 is 0 Å². The number of ether oxygens (including phenoxy) is 1. The van der Waals surface area contributed by atoms with Crippen LogP contribution in [0, 0.1) is 11.7 Å². The van der Waals surface area contributed by atoms with Gasteiger partial charge >= 0.3 is 0 Å². The Balaban J connectivity index is 1.53. The summed E-state index contributed by atoms with van der Waals surface area (Å²) in [6, 6.07) is 4.21. The quantitative estimate of drug-likeness (QED) is 0.702. The molecule has 3 N–H and O–H groups in total. The minimum atomic E-state index is -0.523. The van der Waals surface area contributed by atoms with E-state index in [-0.39, 0.29) is 29.8 Å². The molecule has 1 aromatic carbocycles. The fraction of sp³-hybridized carbons (Fsp3) is 0.556. The van der Waals surface area contributed by atoms with Crippen molar-refractivity contribution in [3.63, 3.8) is 0 Å². The summed E-state index contributed by atoms with van der Waals surface area (Å²) in [7, 11) is 0. The van der Waals surface area contributed by atoms with Crippen molar-refractivity contribution >= 4 is 23.2 Å². The number of amides is 2. The molecule has 8 heteroatoms. The Hall–Kier alpha value is -2.03. The molecule has 26 heavy (non-hydrogen) atoms. The molecule has 0 saturated carbocycles. The Morgan fingerprint density at radius 2 is 2.08 bits per heavy atom. The first-order valence-electron chi connectivity index (χ1n) is 9.03. The highest BCUT2D eigenvalue weighted by Gasteiger charge is 2.22. The van der Waals surface area contributed by atoms with E-state index in [1.54, 1.807) is 0 Å². The summed E-state index contributed by atoms with van der Waals surface area (Å²) in [5.74, 6) is -0.943. The molecule has 2 amide bonds. The lowest BCUT2D eigenvalue weighted by Crippen LogP contribution is -2.38. The maximum atomic E-state index is 14.0. The molecule has 0 radical (unpaired) electrons. The van der Waals surface area contributed by atoms with Crippen LogP contribution < -0.4 is 16.0 Å². The van der Waals surface area contributed by atoms with Crippen LogP contribution in [0.3, 0.4) is 0 Å². The van der Waals surface area contributed by atoms with Crippen LogP contribution >= 0.6 is 0 Å². The zero-order valence-corrected chi connectivity index (χ0v) is 14.7. The number of carbonyl (C=O) groups excluding carboxylic acids is 2. The van der Waals surface area contributed by atoms with Crippen molar-refractivity contribution in [3.05, 3.63) is 24.0 Å². The van der Waals surface area contributed by atoms with Gasteiger partial charge in [-0.2, -0.15) is 0 Å².